The number of rotatable bonds is 6. The molecule has 0 spiro atoms. The molecule has 2 aromatic heterocycles. The van der Waals surface area contributed by atoms with Crippen LogP contribution in [0.4, 0.5) is 11.8 Å². The second-order valence-electron chi connectivity index (χ2n) is 8.09. The Labute approximate surface area is 190 Å². The minimum absolute atomic E-state index is 0.197. The Balaban J connectivity index is 1.51. The van der Waals surface area contributed by atoms with Gasteiger partial charge >= 0.3 is 0 Å². The van der Waals surface area contributed by atoms with Gasteiger partial charge in [-0.3, -0.25) is 9.78 Å². The van der Waals surface area contributed by atoms with Crippen LogP contribution < -0.4 is 21.5 Å². The number of thiazole rings is 1. The Hall–Kier alpha value is -3.23. The summed E-state index contributed by atoms with van der Waals surface area (Å²) >= 11 is 1.51. The van der Waals surface area contributed by atoms with Gasteiger partial charge in [0, 0.05) is 19.1 Å². The van der Waals surface area contributed by atoms with E-state index in [9.17, 15) is 4.79 Å². The van der Waals surface area contributed by atoms with Crippen molar-refractivity contribution >= 4 is 33.3 Å². The van der Waals surface area contributed by atoms with Crippen molar-refractivity contribution in [1.82, 2.24) is 20.3 Å². The summed E-state index contributed by atoms with van der Waals surface area (Å²) in [6.45, 7) is 4.53. The molecule has 0 aliphatic carbocycles. The fourth-order valence-electron chi connectivity index (χ4n) is 3.99. The van der Waals surface area contributed by atoms with Gasteiger partial charge in [0.25, 0.3) is 5.56 Å². The number of nitrogens with zero attached hydrogens (tertiary/aromatic N) is 2. The molecular formula is C24H26N6OS. The van der Waals surface area contributed by atoms with Gasteiger partial charge < -0.3 is 16.0 Å². The molecule has 0 radical (unpaired) electrons. The fourth-order valence-corrected chi connectivity index (χ4v) is 5.00. The number of aromatic nitrogens is 3. The number of para-hydroxylation sites is 1. The van der Waals surface area contributed by atoms with Gasteiger partial charge in [-0.2, -0.15) is 4.98 Å². The molecule has 7 nitrogen and oxygen atoms in total. The quantitative estimate of drug-likeness (QED) is 0.356. The summed E-state index contributed by atoms with van der Waals surface area (Å²) in [5.41, 5.74) is 3.55. The van der Waals surface area contributed by atoms with Gasteiger partial charge in [-0.1, -0.05) is 36.4 Å². The van der Waals surface area contributed by atoms with E-state index in [0.717, 1.165) is 41.7 Å². The second kappa shape index (κ2) is 9.10. The molecule has 1 atom stereocenters. The normalized spacial score (nSPS) is 16.2. The predicted molar refractivity (Wildman–Crippen MR) is 131 cm³/mol. The lowest BCUT2D eigenvalue weighted by Gasteiger charge is -2.25. The van der Waals surface area contributed by atoms with Gasteiger partial charge in [-0.05, 0) is 49.6 Å². The SMILES string of the molecule is Cc1ccccc1CNc1nc(NC2CCCNC2)c(-c2nc3ccccc3s2)c(=O)[nH]1. The zero-order valence-electron chi connectivity index (χ0n) is 17.9. The van der Waals surface area contributed by atoms with Crippen LogP contribution in [-0.4, -0.2) is 34.1 Å². The van der Waals surface area contributed by atoms with E-state index >= 15 is 0 Å². The lowest BCUT2D eigenvalue weighted by Crippen LogP contribution is -2.39. The molecule has 0 bridgehead atoms. The highest BCUT2D eigenvalue weighted by Crippen LogP contribution is 2.32. The van der Waals surface area contributed by atoms with Crippen molar-refractivity contribution in [3.63, 3.8) is 0 Å². The van der Waals surface area contributed by atoms with Crippen LogP contribution in [0, 0.1) is 6.92 Å². The third-order valence-corrected chi connectivity index (χ3v) is 6.83. The third kappa shape index (κ3) is 4.37. The van der Waals surface area contributed by atoms with E-state index in [0.29, 0.717) is 28.9 Å². The standard InChI is InChI=1S/C24H26N6OS/c1-15-7-2-3-8-16(15)13-26-24-29-21(27-17-9-6-12-25-14-17)20(22(31)30-24)23-28-18-10-4-5-11-19(18)32-23/h2-5,7-8,10-11,17,25H,6,9,12-14H2,1H3,(H3,26,27,29,30,31). The maximum absolute atomic E-state index is 13.2. The summed E-state index contributed by atoms with van der Waals surface area (Å²) in [7, 11) is 0. The van der Waals surface area contributed by atoms with Gasteiger partial charge in [-0.25, -0.2) is 4.98 Å². The summed E-state index contributed by atoms with van der Waals surface area (Å²) in [5.74, 6) is 1.03. The van der Waals surface area contributed by atoms with Crippen molar-refractivity contribution in [2.24, 2.45) is 0 Å². The maximum Gasteiger partial charge on any atom is 0.264 e. The van der Waals surface area contributed by atoms with Crippen molar-refractivity contribution in [3.8, 4) is 10.6 Å². The van der Waals surface area contributed by atoms with Crippen LogP contribution in [0.2, 0.25) is 0 Å². The third-order valence-electron chi connectivity index (χ3n) is 5.77. The molecule has 164 valence electrons. The van der Waals surface area contributed by atoms with Crippen molar-refractivity contribution in [1.29, 1.82) is 0 Å². The Morgan fingerprint density at radius 3 is 2.78 bits per heavy atom. The first-order chi connectivity index (χ1) is 15.7. The zero-order chi connectivity index (χ0) is 21.9. The number of hydrogen-bond donors (Lipinski definition) is 4. The largest absolute Gasteiger partial charge is 0.365 e. The minimum Gasteiger partial charge on any atom is -0.365 e. The van der Waals surface area contributed by atoms with Gasteiger partial charge in [0.15, 0.2) is 0 Å². The number of benzene rings is 2. The van der Waals surface area contributed by atoms with E-state index in [1.807, 2.05) is 36.4 Å². The van der Waals surface area contributed by atoms with Crippen LogP contribution in [0.5, 0.6) is 0 Å². The number of nitrogens with one attached hydrogen (secondary N) is 4. The van der Waals surface area contributed by atoms with Crippen molar-refractivity contribution < 1.29 is 0 Å². The number of aromatic amines is 1. The highest BCUT2D eigenvalue weighted by molar-refractivity contribution is 7.21. The lowest BCUT2D eigenvalue weighted by molar-refractivity contribution is 0.479. The number of hydrogen-bond acceptors (Lipinski definition) is 7. The molecule has 8 heteroatoms. The summed E-state index contributed by atoms with van der Waals surface area (Å²) in [4.78, 5) is 25.6. The molecule has 4 aromatic rings. The highest BCUT2D eigenvalue weighted by atomic mass is 32.1. The fraction of sp³-hybridized carbons (Fsp3) is 0.292. The van der Waals surface area contributed by atoms with Crippen molar-refractivity contribution in [3.05, 3.63) is 70.0 Å². The average Bonchev–Trinajstić information content (AvgIpc) is 3.22. The van der Waals surface area contributed by atoms with E-state index in [2.05, 4.69) is 40.0 Å². The van der Waals surface area contributed by atoms with E-state index in [1.165, 1.54) is 16.9 Å². The number of fused-ring (bicyclic) bond motifs is 1. The zero-order valence-corrected chi connectivity index (χ0v) is 18.8. The first kappa shape index (κ1) is 20.7. The molecule has 4 N–H and O–H groups in total. The molecule has 0 saturated carbocycles. The Bertz CT molecular complexity index is 1260. The molecule has 1 aliphatic rings. The predicted octanol–water partition coefficient (Wildman–Crippen LogP) is 4.13. The Morgan fingerprint density at radius 1 is 1.12 bits per heavy atom. The number of anilines is 2. The molecule has 3 heterocycles. The average molecular weight is 447 g/mol. The van der Waals surface area contributed by atoms with Crippen LogP contribution in [0.3, 0.4) is 0 Å². The monoisotopic (exact) mass is 446 g/mol. The van der Waals surface area contributed by atoms with Gasteiger partial charge in [0.2, 0.25) is 5.95 Å². The minimum atomic E-state index is -0.197. The number of aryl methyl sites for hydroxylation is 1. The first-order valence-electron chi connectivity index (χ1n) is 10.9. The van der Waals surface area contributed by atoms with Crippen LogP contribution in [0.15, 0.2) is 53.3 Å². The maximum atomic E-state index is 13.2. The summed E-state index contributed by atoms with van der Waals surface area (Å²) < 4.78 is 1.05. The molecule has 2 aromatic carbocycles. The van der Waals surface area contributed by atoms with Gasteiger partial charge in [-0.15, -0.1) is 11.3 Å². The highest BCUT2D eigenvalue weighted by Gasteiger charge is 2.21. The molecule has 1 saturated heterocycles. The van der Waals surface area contributed by atoms with Crippen molar-refractivity contribution in [2.75, 3.05) is 23.7 Å². The lowest BCUT2D eigenvalue weighted by atomic mass is 10.1. The molecule has 1 aliphatic heterocycles. The molecule has 1 fully saturated rings. The molecule has 32 heavy (non-hydrogen) atoms. The van der Waals surface area contributed by atoms with Crippen LogP contribution in [0.25, 0.3) is 20.8 Å². The van der Waals surface area contributed by atoms with E-state index < -0.39 is 0 Å². The van der Waals surface area contributed by atoms with Crippen molar-refractivity contribution in [2.45, 2.75) is 32.4 Å². The van der Waals surface area contributed by atoms with E-state index in [4.69, 9.17) is 9.97 Å². The van der Waals surface area contributed by atoms with E-state index in [-0.39, 0.29) is 11.6 Å². The Kier molecular flexibility index (Phi) is 5.87. The molecule has 1 unspecified atom stereocenters. The Morgan fingerprint density at radius 2 is 1.97 bits per heavy atom. The smallest absolute Gasteiger partial charge is 0.264 e. The second-order valence-corrected chi connectivity index (χ2v) is 9.12. The van der Waals surface area contributed by atoms with Crippen LogP contribution >= 0.6 is 11.3 Å². The number of piperidine rings is 1. The van der Waals surface area contributed by atoms with E-state index in [1.54, 1.807) is 0 Å². The van der Waals surface area contributed by atoms with Crippen LogP contribution in [0.1, 0.15) is 24.0 Å². The summed E-state index contributed by atoms with van der Waals surface area (Å²) in [6, 6.07) is 16.3. The summed E-state index contributed by atoms with van der Waals surface area (Å²) in [6.07, 6.45) is 2.13. The van der Waals surface area contributed by atoms with Gasteiger partial charge in [0.05, 0.1) is 10.2 Å². The summed E-state index contributed by atoms with van der Waals surface area (Å²) in [5, 5.41) is 10.9. The molecular weight excluding hydrogens is 420 g/mol. The van der Waals surface area contributed by atoms with Crippen LogP contribution in [-0.2, 0) is 6.54 Å². The van der Waals surface area contributed by atoms with Gasteiger partial charge in [0.1, 0.15) is 16.4 Å². The number of H-pyrrole nitrogens is 1. The molecule has 5 rings (SSSR count). The topological polar surface area (TPSA) is 94.7 Å². The first-order valence-corrected chi connectivity index (χ1v) is 11.7. The molecule has 0 amide bonds.